The number of hydrogen-bond donors (Lipinski definition) is 1. The second kappa shape index (κ2) is 4.86. The lowest BCUT2D eigenvalue weighted by Gasteiger charge is -2.21. The van der Waals surface area contributed by atoms with E-state index in [0.29, 0.717) is 11.4 Å². The summed E-state index contributed by atoms with van der Waals surface area (Å²) in [5, 5.41) is 0. The molecule has 4 nitrogen and oxygen atoms in total. The van der Waals surface area contributed by atoms with Crippen LogP contribution in [0.2, 0.25) is 0 Å². The van der Waals surface area contributed by atoms with E-state index in [1.165, 1.54) is 7.11 Å². The monoisotopic (exact) mass is 321 g/mol. The molecule has 0 aliphatic rings. The van der Waals surface area contributed by atoms with Crippen LogP contribution in [-0.4, -0.2) is 20.3 Å². The van der Waals surface area contributed by atoms with Gasteiger partial charge in [-0.15, -0.1) is 0 Å². The molecule has 0 bridgehead atoms. The molecular formula is C11H16BrNO3S. The molecule has 1 N–H and O–H groups in total. The number of anilines is 1. The van der Waals surface area contributed by atoms with Gasteiger partial charge in [0.2, 0.25) is 10.0 Å². The number of methoxy groups -OCH3 is 1. The Bertz CT molecular complexity index is 506. The number of benzene rings is 1. The summed E-state index contributed by atoms with van der Waals surface area (Å²) in [6.07, 6.45) is 0. The van der Waals surface area contributed by atoms with Crippen LogP contribution in [0.5, 0.6) is 5.75 Å². The molecule has 0 unspecified atom stereocenters. The van der Waals surface area contributed by atoms with Gasteiger partial charge in [0, 0.05) is 4.47 Å². The molecule has 0 amide bonds. The van der Waals surface area contributed by atoms with Crippen LogP contribution in [0.1, 0.15) is 20.8 Å². The third-order valence-corrected chi connectivity index (χ3v) is 4.81. The van der Waals surface area contributed by atoms with Gasteiger partial charge < -0.3 is 4.74 Å². The number of halogens is 1. The summed E-state index contributed by atoms with van der Waals surface area (Å²) >= 11 is 3.29. The molecule has 0 heterocycles. The second-order valence-electron chi connectivity index (χ2n) is 4.56. The van der Waals surface area contributed by atoms with Crippen molar-refractivity contribution in [2.45, 2.75) is 25.5 Å². The summed E-state index contributed by atoms with van der Waals surface area (Å²) in [5.74, 6) is 0.487. The van der Waals surface area contributed by atoms with Crippen LogP contribution in [0.25, 0.3) is 0 Å². The van der Waals surface area contributed by atoms with E-state index in [-0.39, 0.29) is 0 Å². The minimum absolute atomic E-state index is 0.428. The zero-order valence-electron chi connectivity index (χ0n) is 10.2. The summed E-state index contributed by atoms with van der Waals surface area (Å²) in [4.78, 5) is 0. The minimum Gasteiger partial charge on any atom is -0.495 e. The van der Waals surface area contributed by atoms with E-state index in [0.717, 1.165) is 4.47 Å². The van der Waals surface area contributed by atoms with Crippen LogP contribution in [0.15, 0.2) is 22.7 Å². The van der Waals surface area contributed by atoms with Gasteiger partial charge >= 0.3 is 0 Å². The Morgan fingerprint density at radius 2 is 1.88 bits per heavy atom. The largest absolute Gasteiger partial charge is 0.495 e. The minimum atomic E-state index is -3.45. The Hall–Kier alpha value is -0.750. The van der Waals surface area contributed by atoms with Crippen molar-refractivity contribution in [3.8, 4) is 5.75 Å². The summed E-state index contributed by atoms with van der Waals surface area (Å²) in [5.41, 5.74) is 0.428. The van der Waals surface area contributed by atoms with Crippen LogP contribution in [0.3, 0.4) is 0 Å². The fourth-order valence-corrected chi connectivity index (χ4v) is 2.17. The number of sulfonamides is 1. The Kier molecular flexibility index (Phi) is 4.09. The fourth-order valence-electron chi connectivity index (χ4n) is 1.06. The second-order valence-corrected chi connectivity index (χ2v) is 7.91. The highest BCUT2D eigenvalue weighted by atomic mass is 79.9. The molecule has 1 rings (SSSR count). The molecule has 1 aromatic rings. The molecular weight excluding hydrogens is 306 g/mol. The maximum atomic E-state index is 12.0. The van der Waals surface area contributed by atoms with Gasteiger partial charge in [0.05, 0.1) is 17.5 Å². The van der Waals surface area contributed by atoms with Gasteiger partial charge in [0.25, 0.3) is 0 Å². The van der Waals surface area contributed by atoms with Gasteiger partial charge in [-0.05, 0) is 39.0 Å². The molecule has 6 heteroatoms. The Morgan fingerprint density at radius 1 is 1.29 bits per heavy atom. The molecule has 1 aromatic carbocycles. The average Bonchev–Trinajstić information content (AvgIpc) is 2.15. The number of hydrogen-bond acceptors (Lipinski definition) is 3. The highest BCUT2D eigenvalue weighted by Crippen LogP contribution is 2.30. The highest BCUT2D eigenvalue weighted by Gasteiger charge is 2.29. The summed E-state index contributed by atoms with van der Waals surface area (Å²) in [7, 11) is -1.95. The molecule has 0 atom stereocenters. The molecule has 0 aromatic heterocycles. The van der Waals surface area contributed by atoms with Crippen LogP contribution in [0, 0.1) is 0 Å². The number of nitrogens with one attached hydrogen (secondary N) is 1. The lowest BCUT2D eigenvalue weighted by Crippen LogP contribution is -2.33. The van der Waals surface area contributed by atoms with Crippen LogP contribution in [-0.2, 0) is 10.0 Å². The number of rotatable bonds is 3. The van der Waals surface area contributed by atoms with E-state index < -0.39 is 14.8 Å². The van der Waals surface area contributed by atoms with Crippen molar-refractivity contribution in [2.24, 2.45) is 0 Å². The van der Waals surface area contributed by atoms with Crippen molar-refractivity contribution < 1.29 is 13.2 Å². The van der Waals surface area contributed by atoms with E-state index in [4.69, 9.17) is 4.74 Å². The lowest BCUT2D eigenvalue weighted by atomic mass is 10.3. The highest BCUT2D eigenvalue weighted by molar-refractivity contribution is 9.10. The maximum Gasteiger partial charge on any atom is 0.237 e. The quantitative estimate of drug-likeness (QED) is 0.931. The maximum absolute atomic E-state index is 12.0. The molecule has 96 valence electrons. The molecule has 0 saturated carbocycles. The van der Waals surface area contributed by atoms with E-state index in [9.17, 15) is 8.42 Å². The van der Waals surface area contributed by atoms with Crippen LogP contribution in [0.4, 0.5) is 5.69 Å². The summed E-state index contributed by atoms with van der Waals surface area (Å²) < 4.78 is 31.6. The van der Waals surface area contributed by atoms with Gasteiger partial charge in [-0.2, -0.15) is 0 Å². The van der Waals surface area contributed by atoms with Crippen molar-refractivity contribution >= 4 is 31.6 Å². The molecule has 0 aliphatic carbocycles. The first-order valence-electron chi connectivity index (χ1n) is 5.03. The molecule has 0 aliphatic heterocycles. The van der Waals surface area contributed by atoms with Gasteiger partial charge in [-0.3, -0.25) is 4.72 Å². The molecule has 0 saturated heterocycles. The predicted molar refractivity (Wildman–Crippen MR) is 73.0 cm³/mol. The molecule has 17 heavy (non-hydrogen) atoms. The zero-order chi connectivity index (χ0) is 13.3. The van der Waals surface area contributed by atoms with Gasteiger partial charge in [0.15, 0.2) is 0 Å². The van der Waals surface area contributed by atoms with Gasteiger partial charge in [-0.25, -0.2) is 8.42 Å². The van der Waals surface area contributed by atoms with Crippen molar-refractivity contribution in [1.82, 2.24) is 0 Å². The summed E-state index contributed by atoms with van der Waals surface area (Å²) in [6.45, 7) is 4.92. The van der Waals surface area contributed by atoms with E-state index >= 15 is 0 Å². The first-order valence-corrected chi connectivity index (χ1v) is 7.31. The fraction of sp³-hybridized carbons (Fsp3) is 0.455. The molecule has 0 fully saturated rings. The SMILES string of the molecule is COc1ccc(Br)cc1NS(=O)(=O)C(C)(C)C. The molecule has 0 radical (unpaired) electrons. The lowest BCUT2D eigenvalue weighted by molar-refractivity contribution is 0.416. The Balaban J connectivity index is 3.16. The normalized spacial score (nSPS) is 12.3. The van der Waals surface area contributed by atoms with Crippen molar-refractivity contribution in [2.75, 3.05) is 11.8 Å². The van der Waals surface area contributed by atoms with Gasteiger partial charge in [-0.1, -0.05) is 15.9 Å². The van der Waals surface area contributed by atoms with E-state index in [1.54, 1.807) is 39.0 Å². The van der Waals surface area contributed by atoms with Crippen LogP contribution >= 0.6 is 15.9 Å². The van der Waals surface area contributed by atoms with Crippen molar-refractivity contribution in [3.05, 3.63) is 22.7 Å². The van der Waals surface area contributed by atoms with Crippen LogP contribution < -0.4 is 9.46 Å². The third kappa shape index (κ3) is 3.35. The number of ether oxygens (including phenoxy) is 1. The predicted octanol–water partition coefficient (Wildman–Crippen LogP) is 3.00. The zero-order valence-corrected chi connectivity index (χ0v) is 12.6. The van der Waals surface area contributed by atoms with Crippen molar-refractivity contribution in [1.29, 1.82) is 0 Å². The average molecular weight is 322 g/mol. The smallest absolute Gasteiger partial charge is 0.237 e. The van der Waals surface area contributed by atoms with Gasteiger partial charge in [0.1, 0.15) is 5.75 Å². The topological polar surface area (TPSA) is 55.4 Å². The first kappa shape index (κ1) is 14.3. The van der Waals surface area contributed by atoms with E-state index in [1.807, 2.05) is 0 Å². The Morgan fingerprint density at radius 3 is 2.35 bits per heavy atom. The van der Waals surface area contributed by atoms with E-state index in [2.05, 4.69) is 20.7 Å². The first-order chi connectivity index (χ1) is 7.67. The third-order valence-electron chi connectivity index (χ3n) is 2.21. The summed E-state index contributed by atoms with van der Waals surface area (Å²) in [6, 6.07) is 5.15. The Labute approximate surface area is 111 Å². The molecule has 0 spiro atoms. The van der Waals surface area contributed by atoms with Crippen molar-refractivity contribution in [3.63, 3.8) is 0 Å². The standard InChI is InChI=1S/C11H16BrNO3S/c1-11(2,3)17(14,15)13-9-7-8(12)5-6-10(9)16-4/h5-7,13H,1-4H3.